The van der Waals surface area contributed by atoms with Crippen LogP contribution in [0, 0.1) is 29.3 Å². The predicted octanol–water partition coefficient (Wildman–Crippen LogP) is 3.58. The SMILES string of the molecule is CC(C)C(C)C(=O)c1cc(F)c(F)cc1F. The van der Waals surface area contributed by atoms with Crippen molar-refractivity contribution >= 4 is 5.78 Å². The molecule has 0 aliphatic rings. The van der Waals surface area contributed by atoms with Crippen LogP contribution in [0.1, 0.15) is 31.1 Å². The highest BCUT2D eigenvalue weighted by Crippen LogP contribution is 2.21. The molecule has 0 fully saturated rings. The van der Waals surface area contributed by atoms with Crippen molar-refractivity contribution in [3.8, 4) is 0 Å². The summed E-state index contributed by atoms with van der Waals surface area (Å²) in [5.41, 5.74) is -0.389. The molecule has 0 radical (unpaired) electrons. The summed E-state index contributed by atoms with van der Waals surface area (Å²) in [5.74, 6) is -4.44. The van der Waals surface area contributed by atoms with Crippen LogP contribution in [0.3, 0.4) is 0 Å². The average Bonchev–Trinajstić information content (AvgIpc) is 2.21. The second-order valence-corrected chi connectivity index (χ2v) is 4.14. The number of Topliss-reactive ketones (excluding diaryl/α,β-unsaturated/α-hetero) is 1. The monoisotopic (exact) mass is 230 g/mol. The zero-order valence-corrected chi connectivity index (χ0v) is 9.35. The molecule has 16 heavy (non-hydrogen) atoms. The fourth-order valence-electron chi connectivity index (χ4n) is 1.26. The summed E-state index contributed by atoms with van der Waals surface area (Å²) in [4.78, 5) is 11.7. The highest BCUT2D eigenvalue weighted by atomic mass is 19.2. The molecule has 1 aromatic rings. The lowest BCUT2D eigenvalue weighted by atomic mass is 9.89. The normalized spacial score (nSPS) is 12.9. The quantitative estimate of drug-likeness (QED) is 0.573. The van der Waals surface area contributed by atoms with Gasteiger partial charge in [0.1, 0.15) is 5.82 Å². The predicted molar refractivity (Wildman–Crippen MR) is 54.6 cm³/mol. The fraction of sp³-hybridized carbons (Fsp3) is 0.417. The van der Waals surface area contributed by atoms with Gasteiger partial charge in [0.25, 0.3) is 0 Å². The van der Waals surface area contributed by atoms with Gasteiger partial charge in [-0.1, -0.05) is 20.8 Å². The Balaban J connectivity index is 3.14. The topological polar surface area (TPSA) is 17.1 Å². The summed E-state index contributed by atoms with van der Waals surface area (Å²) >= 11 is 0. The van der Waals surface area contributed by atoms with E-state index in [9.17, 15) is 18.0 Å². The van der Waals surface area contributed by atoms with Crippen molar-refractivity contribution in [3.63, 3.8) is 0 Å². The summed E-state index contributed by atoms with van der Waals surface area (Å²) in [6, 6.07) is 1.02. The van der Waals surface area contributed by atoms with E-state index in [-0.39, 0.29) is 11.5 Å². The Labute approximate surface area is 92.3 Å². The number of ketones is 1. The Bertz CT molecular complexity index is 413. The highest BCUT2D eigenvalue weighted by Gasteiger charge is 2.23. The van der Waals surface area contributed by atoms with Gasteiger partial charge >= 0.3 is 0 Å². The number of carbonyl (C=O) groups excluding carboxylic acids is 1. The Kier molecular flexibility index (Phi) is 3.73. The molecule has 0 heterocycles. The summed E-state index contributed by atoms with van der Waals surface area (Å²) in [5, 5.41) is 0. The van der Waals surface area contributed by atoms with Gasteiger partial charge in [-0.2, -0.15) is 0 Å². The van der Waals surface area contributed by atoms with E-state index in [1.807, 2.05) is 0 Å². The van der Waals surface area contributed by atoms with E-state index in [2.05, 4.69) is 0 Å². The summed E-state index contributed by atoms with van der Waals surface area (Å²) in [6.07, 6.45) is 0. The number of carbonyl (C=O) groups is 1. The maximum atomic E-state index is 13.3. The maximum Gasteiger partial charge on any atom is 0.168 e. The second kappa shape index (κ2) is 4.68. The second-order valence-electron chi connectivity index (χ2n) is 4.14. The summed E-state index contributed by atoms with van der Waals surface area (Å²) in [6.45, 7) is 5.24. The van der Waals surface area contributed by atoms with Crippen molar-refractivity contribution in [2.45, 2.75) is 20.8 Å². The number of hydrogen-bond donors (Lipinski definition) is 0. The lowest BCUT2D eigenvalue weighted by Gasteiger charge is -2.14. The smallest absolute Gasteiger partial charge is 0.168 e. The van der Waals surface area contributed by atoms with E-state index < -0.39 is 29.2 Å². The molecule has 4 heteroatoms. The molecule has 1 rings (SSSR count). The third kappa shape index (κ3) is 2.43. The first kappa shape index (κ1) is 12.7. The fourth-order valence-corrected chi connectivity index (χ4v) is 1.26. The molecule has 1 nitrogen and oxygen atoms in total. The molecule has 0 aliphatic carbocycles. The average molecular weight is 230 g/mol. The lowest BCUT2D eigenvalue weighted by molar-refractivity contribution is 0.0895. The summed E-state index contributed by atoms with van der Waals surface area (Å²) < 4.78 is 38.8. The minimum atomic E-state index is -1.29. The van der Waals surface area contributed by atoms with Crippen LogP contribution in [0.5, 0.6) is 0 Å². The van der Waals surface area contributed by atoms with Crippen molar-refractivity contribution < 1.29 is 18.0 Å². The van der Waals surface area contributed by atoms with Crippen LogP contribution >= 0.6 is 0 Å². The van der Waals surface area contributed by atoms with Gasteiger partial charge in [-0.15, -0.1) is 0 Å². The number of rotatable bonds is 3. The zero-order chi connectivity index (χ0) is 12.5. The number of hydrogen-bond acceptors (Lipinski definition) is 1. The first-order chi connectivity index (χ1) is 7.34. The lowest BCUT2D eigenvalue weighted by Crippen LogP contribution is -2.18. The molecule has 0 amide bonds. The molecule has 0 saturated heterocycles. The van der Waals surface area contributed by atoms with E-state index >= 15 is 0 Å². The molecule has 1 atom stereocenters. The third-order valence-electron chi connectivity index (χ3n) is 2.69. The Morgan fingerprint density at radius 3 is 2.00 bits per heavy atom. The zero-order valence-electron chi connectivity index (χ0n) is 9.35. The van der Waals surface area contributed by atoms with Crippen LogP contribution in [0.15, 0.2) is 12.1 Å². The third-order valence-corrected chi connectivity index (χ3v) is 2.69. The van der Waals surface area contributed by atoms with Gasteiger partial charge in [-0.3, -0.25) is 4.79 Å². The Morgan fingerprint density at radius 2 is 1.50 bits per heavy atom. The van der Waals surface area contributed by atoms with Crippen LogP contribution < -0.4 is 0 Å². The van der Waals surface area contributed by atoms with Gasteiger partial charge in [0, 0.05) is 12.0 Å². The molecule has 0 aromatic heterocycles. The molecule has 0 bridgehead atoms. The maximum absolute atomic E-state index is 13.3. The van der Waals surface area contributed by atoms with Crippen molar-refractivity contribution in [2.75, 3.05) is 0 Å². The number of benzene rings is 1. The Morgan fingerprint density at radius 1 is 1.00 bits per heavy atom. The van der Waals surface area contributed by atoms with Gasteiger partial charge in [0.15, 0.2) is 17.4 Å². The molecule has 1 unspecified atom stereocenters. The first-order valence-electron chi connectivity index (χ1n) is 5.03. The summed E-state index contributed by atoms with van der Waals surface area (Å²) in [7, 11) is 0. The van der Waals surface area contributed by atoms with E-state index in [0.29, 0.717) is 12.1 Å². The van der Waals surface area contributed by atoms with Crippen molar-refractivity contribution in [1.82, 2.24) is 0 Å². The molecule has 0 saturated carbocycles. The van der Waals surface area contributed by atoms with Crippen LogP contribution in [-0.4, -0.2) is 5.78 Å². The van der Waals surface area contributed by atoms with Crippen molar-refractivity contribution in [1.29, 1.82) is 0 Å². The van der Waals surface area contributed by atoms with Crippen LogP contribution in [0.4, 0.5) is 13.2 Å². The molecule has 0 aliphatic heterocycles. The Hall–Kier alpha value is -1.32. The molecule has 0 spiro atoms. The van der Waals surface area contributed by atoms with E-state index in [4.69, 9.17) is 0 Å². The van der Waals surface area contributed by atoms with Gasteiger partial charge in [-0.05, 0) is 12.0 Å². The van der Waals surface area contributed by atoms with Crippen molar-refractivity contribution in [3.05, 3.63) is 35.1 Å². The van der Waals surface area contributed by atoms with Crippen molar-refractivity contribution in [2.24, 2.45) is 11.8 Å². The highest BCUT2D eigenvalue weighted by molar-refractivity contribution is 5.98. The van der Waals surface area contributed by atoms with Gasteiger partial charge in [0.05, 0.1) is 5.56 Å². The molecular formula is C12H13F3O. The molecule has 0 N–H and O–H groups in total. The number of halogens is 3. The van der Waals surface area contributed by atoms with E-state index in [0.717, 1.165) is 0 Å². The van der Waals surface area contributed by atoms with E-state index in [1.54, 1.807) is 20.8 Å². The minimum Gasteiger partial charge on any atom is -0.294 e. The van der Waals surface area contributed by atoms with Crippen LogP contribution in [0.25, 0.3) is 0 Å². The van der Waals surface area contributed by atoms with Gasteiger partial charge < -0.3 is 0 Å². The van der Waals surface area contributed by atoms with E-state index in [1.165, 1.54) is 0 Å². The first-order valence-corrected chi connectivity index (χ1v) is 5.03. The van der Waals surface area contributed by atoms with Gasteiger partial charge in [0.2, 0.25) is 0 Å². The van der Waals surface area contributed by atoms with Crippen LogP contribution in [-0.2, 0) is 0 Å². The molecule has 1 aromatic carbocycles. The molecular weight excluding hydrogens is 217 g/mol. The van der Waals surface area contributed by atoms with Crippen LogP contribution in [0.2, 0.25) is 0 Å². The standard InChI is InChI=1S/C12H13F3O/c1-6(2)7(3)12(16)8-4-10(14)11(15)5-9(8)13/h4-7H,1-3H3. The minimum absolute atomic E-state index is 0.0139. The van der Waals surface area contributed by atoms with Gasteiger partial charge in [-0.25, -0.2) is 13.2 Å². The molecule has 88 valence electrons. The largest absolute Gasteiger partial charge is 0.294 e.